The van der Waals surface area contributed by atoms with E-state index in [4.69, 9.17) is 23.2 Å². The molecule has 0 aromatic heterocycles. The van der Waals surface area contributed by atoms with Gasteiger partial charge in [-0.2, -0.15) is 0 Å². The summed E-state index contributed by atoms with van der Waals surface area (Å²) in [5.41, 5.74) is 0.798. The molecule has 0 N–H and O–H groups in total. The summed E-state index contributed by atoms with van der Waals surface area (Å²) < 4.78 is 12.9. The van der Waals surface area contributed by atoms with E-state index in [1.807, 2.05) is 12.2 Å². The molecule has 0 radical (unpaired) electrons. The number of halogens is 3. The maximum absolute atomic E-state index is 12.9. The highest BCUT2D eigenvalue weighted by Gasteiger charge is 1.97. The Morgan fingerprint density at radius 3 is 2.77 bits per heavy atom. The van der Waals surface area contributed by atoms with Gasteiger partial charge >= 0.3 is 0 Å². The Labute approximate surface area is 87.0 Å². The largest absolute Gasteiger partial charge is 0.205 e. The summed E-state index contributed by atoms with van der Waals surface area (Å²) in [5.74, 6) is 0.182. The number of alkyl halides is 1. The number of benzene rings is 1. The van der Waals surface area contributed by atoms with Gasteiger partial charge in [0.05, 0.1) is 5.02 Å². The highest BCUT2D eigenvalue weighted by Crippen LogP contribution is 2.16. The molecule has 1 aromatic carbocycles. The van der Waals surface area contributed by atoms with E-state index in [9.17, 15) is 4.39 Å². The Kier molecular flexibility index (Phi) is 4.26. The fourth-order valence-corrected chi connectivity index (χ4v) is 1.14. The van der Waals surface area contributed by atoms with Gasteiger partial charge in [-0.15, -0.1) is 11.6 Å². The fourth-order valence-electron chi connectivity index (χ4n) is 0.898. The molecule has 13 heavy (non-hydrogen) atoms. The second kappa shape index (κ2) is 5.25. The molecule has 0 aliphatic rings. The standard InChI is InChI=1S/C10H9Cl2F/c11-6-2-1-3-8-4-5-9(12)10(13)7-8/h1,3-5,7H,2,6H2. The van der Waals surface area contributed by atoms with Gasteiger partial charge in [0, 0.05) is 5.88 Å². The van der Waals surface area contributed by atoms with Crippen LogP contribution in [0.4, 0.5) is 4.39 Å². The minimum atomic E-state index is -0.394. The van der Waals surface area contributed by atoms with E-state index in [1.54, 1.807) is 6.07 Å². The molecular formula is C10H9Cl2F. The van der Waals surface area contributed by atoms with E-state index in [0.717, 1.165) is 12.0 Å². The fraction of sp³-hybridized carbons (Fsp3) is 0.200. The molecular weight excluding hydrogens is 210 g/mol. The van der Waals surface area contributed by atoms with Crippen LogP contribution in [0.5, 0.6) is 0 Å². The van der Waals surface area contributed by atoms with Crippen LogP contribution in [0.15, 0.2) is 24.3 Å². The third-order valence-corrected chi connectivity index (χ3v) is 2.05. The Bertz CT molecular complexity index is 308. The van der Waals surface area contributed by atoms with Crippen molar-refractivity contribution in [1.29, 1.82) is 0 Å². The van der Waals surface area contributed by atoms with E-state index < -0.39 is 5.82 Å². The molecule has 0 bridgehead atoms. The normalized spacial score (nSPS) is 11.0. The van der Waals surface area contributed by atoms with Crippen molar-refractivity contribution < 1.29 is 4.39 Å². The van der Waals surface area contributed by atoms with Crippen LogP contribution >= 0.6 is 23.2 Å². The van der Waals surface area contributed by atoms with Gasteiger partial charge in [0.15, 0.2) is 0 Å². The first-order valence-corrected chi connectivity index (χ1v) is 4.83. The second-order valence-corrected chi connectivity index (χ2v) is 3.34. The first-order chi connectivity index (χ1) is 6.24. The van der Waals surface area contributed by atoms with Gasteiger partial charge in [0.25, 0.3) is 0 Å². The van der Waals surface area contributed by atoms with Crippen LogP contribution < -0.4 is 0 Å². The molecule has 70 valence electrons. The van der Waals surface area contributed by atoms with Crippen molar-refractivity contribution in [2.75, 3.05) is 5.88 Å². The molecule has 1 rings (SSSR count). The Balaban J connectivity index is 2.73. The first kappa shape index (κ1) is 10.6. The van der Waals surface area contributed by atoms with E-state index in [-0.39, 0.29) is 5.02 Å². The average molecular weight is 219 g/mol. The molecule has 3 heteroatoms. The molecule has 0 saturated heterocycles. The SMILES string of the molecule is Fc1cc(C=CCCCl)ccc1Cl. The molecule has 0 atom stereocenters. The van der Waals surface area contributed by atoms with Crippen molar-refractivity contribution in [1.82, 2.24) is 0 Å². The van der Waals surface area contributed by atoms with Crippen LogP contribution in [-0.4, -0.2) is 5.88 Å². The quantitative estimate of drug-likeness (QED) is 0.670. The lowest BCUT2D eigenvalue weighted by Crippen LogP contribution is -1.78. The monoisotopic (exact) mass is 218 g/mol. The van der Waals surface area contributed by atoms with Crippen LogP contribution in [0.1, 0.15) is 12.0 Å². The van der Waals surface area contributed by atoms with Gasteiger partial charge in [-0.3, -0.25) is 0 Å². The van der Waals surface area contributed by atoms with E-state index in [0.29, 0.717) is 5.88 Å². The van der Waals surface area contributed by atoms with Crippen LogP contribution in [0.3, 0.4) is 0 Å². The lowest BCUT2D eigenvalue weighted by atomic mass is 10.2. The number of hydrogen-bond acceptors (Lipinski definition) is 0. The Morgan fingerprint density at radius 2 is 2.15 bits per heavy atom. The third kappa shape index (κ3) is 3.37. The van der Waals surface area contributed by atoms with Gasteiger partial charge in [-0.1, -0.05) is 29.8 Å². The summed E-state index contributed by atoms with van der Waals surface area (Å²) in [5, 5.41) is 0.148. The first-order valence-electron chi connectivity index (χ1n) is 3.91. The van der Waals surface area contributed by atoms with Crippen LogP contribution in [0, 0.1) is 5.82 Å². The van der Waals surface area contributed by atoms with Crippen molar-refractivity contribution in [3.8, 4) is 0 Å². The van der Waals surface area contributed by atoms with Crippen molar-refractivity contribution in [3.05, 3.63) is 40.7 Å². The van der Waals surface area contributed by atoms with Crippen LogP contribution in [0.25, 0.3) is 6.08 Å². The predicted octanol–water partition coefficient (Wildman–Crippen LogP) is 4.12. The van der Waals surface area contributed by atoms with Gasteiger partial charge < -0.3 is 0 Å². The zero-order valence-corrected chi connectivity index (χ0v) is 8.45. The van der Waals surface area contributed by atoms with Gasteiger partial charge in [0.1, 0.15) is 5.82 Å². The minimum Gasteiger partial charge on any atom is -0.205 e. The van der Waals surface area contributed by atoms with Crippen molar-refractivity contribution in [2.45, 2.75) is 6.42 Å². The molecule has 0 unspecified atom stereocenters. The summed E-state index contributed by atoms with van der Waals surface area (Å²) in [6.07, 6.45) is 4.50. The van der Waals surface area contributed by atoms with E-state index in [1.165, 1.54) is 12.1 Å². The van der Waals surface area contributed by atoms with E-state index in [2.05, 4.69) is 0 Å². The van der Waals surface area contributed by atoms with Gasteiger partial charge in [0.2, 0.25) is 0 Å². The zero-order valence-electron chi connectivity index (χ0n) is 6.93. The maximum Gasteiger partial charge on any atom is 0.142 e. The van der Waals surface area contributed by atoms with Crippen LogP contribution in [0.2, 0.25) is 5.02 Å². The number of rotatable bonds is 3. The molecule has 0 fully saturated rings. The molecule has 0 aliphatic carbocycles. The molecule has 0 spiro atoms. The van der Waals surface area contributed by atoms with E-state index >= 15 is 0 Å². The maximum atomic E-state index is 12.9. The topological polar surface area (TPSA) is 0 Å². The van der Waals surface area contributed by atoms with Crippen LogP contribution in [-0.2, 0) is 0 Å². The Morgan fingerprint density at radius 1 is 1.38 bits per heavy atom. The van der Waals surface area contributed by atoms with Crippen molar-refractivity contribution >= 4 is 29.3 Å². The van der Waals surface area contributed by atoms with Crippen molar-refractivity contribution in [2.24, 2.45) is 0 Å². The Hall–Kier alpha value is -0.530. The highest BCUT2D eigenvalue weighted by atomic mass is 35.5. The molecule has 0 heterocycles. The predicted molar refractivity (Wildman–Crippen MR) is 55.8 cm³/mol. The summed E-state index contributed by atoms with van der Waals surface area (Å²) in [6.45, 7) is 0. The average Bonchev–Trinajstić information content (AvgIpc) is 2.12. The lowest BCUT2D eigenvalue weighted by molar-refractivity contribution is 0.628. The minimum absolute atomic E-state index is 0.148. The number of hydrogen-bond donors (Lipinski definition) is 0. The third-order valence-electron chi connectivity index (χ3n) is 1.53. The lowest BCUT2D eigenvalue weighted by Gasteiger charge is -1.95. The van der Waals surface area contributed by atoms with Crippen molar-refractivity contribution in [3.63, 3.8) is 0 Å². The second-order valence-electron chi connectivity index (χ2n) is 2.55. The summed E-state index contributed by atoms with van der Waals surface area (Å²) in [4.78, 5) is 0. The molecule has 0 aliphatic heterocycles. The smallest absolute Gasteiger partial charge is 0.142 e. The summed E-state index contributed by atoms with van der Waals surface area (Å²) in [6, 6.07) is 4.69. The molecule has 0 saturated carbocycles. The molecule has 0 nitrogen and oxygen atoms in total. The molecule has 1 aromatic rings. The van der Waals surface area contributed by atoms with Gasteiger partial charge in [-0.05, 0) is 24.1 Å². The highest BCUT2D eigenvalue weighted by molar-refractivity contribution is 6.30. The summed E-state index contributed by atoms with van der Waals surface area (Å²) in [7, 11) is 0. The summed E-state index contributed by atoms with van der Waals surface area (Å²) >= 11 is 11.0. The van der Waals surface area contributed by atoms with Gasteiger partial charge in [-0.25, -0.2) is 4.39 Å². The molecule has 0 amide bonds. The number of allylic oxidation sites excluding steroid dienone is 1. The zero-order chi connectivity index (χ0) is 9.68.